The van der Waals surface area contributed by atoms with Crippen molar-refractivity contribution >= 4 is 17.5 Å². The summed E-state index contributed by atoms with van der Waals surface area (Å²) in [4.78, 5) is 27.2. The first-order valence-corrected chi connectivity index (χ1v) is 10.3. The highest BCUT2D eigenvalue weighted by molar-refractivity contribution is 5.94. The molecule has 0 atom stereocenters. The summed E-state index contributed by atoms with van der Waals surface area (Å²) in [6.45, 7) is 5.40. The number of carbonyl (C=O) groups excluding carboxylic acids is 2. The smallest absolute Gasteiger partial charge is 0.276 e. The molecule has 1 aromatic carbocycles. The van der Waals surface area contributed by atoms with Crippen molar-refractivity contribution in [1.82, 2.24) is 29.7 Å². The fourth-order valence-corrected chi connectivity index (χ4v) is 3.69. The van der Waals surface area contributed by atoms with E-state index in [-0.39, 0.29) is 29.2 Å². The molecule has 162 valence electrons. The Bertz CT molecular complexity index is 1080. The Kier molecular flexibility index (Phi) is 5.79. The number of amides is 2. The van der Waals surface area contributed by atoms with Crippen LogP contribution in [0.1, 0.15) is 35.9 Å². The average Bonchev–Trinajstić information content (AvgIpc) is 3.40. The molecular formula is C21H24FN7O2. The molecule has 0 aliphatic carbocycles. The minimum Gasteiger partial charge on any atom is -0.337 e. The molecule has 1 fully saturated rings. The highest BCUT2D eigenvalue weighted by Crippen LogP contribution is 2.22. The number of hydrogen-bond donors (Lipinski definition) is 1. The molecule has 0 spiro atoms. The van der Waals surface area contributed by atoms with Crippen LogP contribution in [0.2, 0.25) is 0 Å². The van der Waals surface area contributed by atoms with Crippen LogP contribution < -0.4 is 5.32 Å². The van der Waals surface area contributed by atoms with Crippen LogP contribution in [0.15, 0.2) is 36.7 Å². The topological polar surface area (TPSA) is 97.9 Å². The molecule has 1 aliphatic heterocycles. The van der Waals surface area contributed by atoms with Gasteiger partial charge >= 0.3 is 0 Å². The van der Waals surface area contributed by atoms with Crippen molar-refractivity contribution in [3.05, 3.63) is 53.9 Å². The maximum absolute atomic E-state index is 13.2. The van der Waals surface area contributed by atoms with Gasteiger partial charge in [0.25, 0.3) is 5.91 Å². The van der Waals surface area contributed by atoms with Gasteiger partial charge in [0.1, 0.15) is 5.82 Å². The SMILES string of the molecule is CCn1cc(NC(=O)C2CCN(C(=O)c3nnn(-c4ccc(F)cc4)c3C)CC2)cn1. The van der Waals surface area contributed by atoms with E-state index in [2.05, 4.69) is 20.7 Å². The van der Waals surface area contributed by atoms with Gasteiger partial charge < -0.3 is 10.2 Å². The van der Waals surface area contributed by atoms with Gasteiger partial charge in [0, 0.05) is 31.7 Å². The van der Waals surface area contributed by atoms with Gasteiger partial charge in [-0.25, -0.2) is 9.07 Å². The minimum absolute atomic E-state index is 0.0545. The molecule has 2 amide bonds. The molecule has 2 aromatic heterocycles. The van der Waals surface area contributed by atoms with E-state index < -0.39 is 0 Å². The fraction of sp³-hybridized carbons (Fsp3) is 0.381. The van der Waals surface area contributed by atoms with E-state index in [1.165, 1.54) is 16.8 Å². The highest BCUT2D eigenvalue weighted by Gasteiger charge is 2.30. The lowest BCUT2D eigenvalue weighted by atomic mass is 9.95. The Morgan fingerprint density at radius 3 is 2.55 bits per heavy atom. The van der Waals surface area contributed by atoms with Crippen LogP contribution in [-0.2, 0) is 11.3 Å². The van der Waals surface area contributed by atoms with Gasteiger partial charge in [0.05, 0.1) is 23.3 Å². The molecule has 1 saturated heterocycles. The Labute approximate surface area is 178 Å². The predicted octanol–water partition coefficient (Wildman–Crippen LogP) is 2.42. The summed E-state index contributed by atoms with van der Waals surface area (Å²) >= 11 is 0. The maximum atomic E-state index is 13.2. The summed E-state index contributed by atoms with van der Waals surface area (Å²) in [5, 5.41) is 15.2. The molecule has 10 heteroatoms. The molecular weight excluding hydrogens is 401 g/mol. The average molecular weight is 425 g/mol. The van der Waals surface area contributed by atoms with Crippen molar-refractivity contribution in [2.75, 3.05) is 18.4 Å². The third-order valence-corrected chi connectivity index (χ3v) is 5.55. The second-order valence-corrected chi connectivity index (χ2v) is 7.55. The van der Waals surface area contributed by atoms with Gasteiger partial charge in [0.15, 0.2) is 5.69 Å². The zero-order chi connectivity index (χ0) is 22.0. The number of rotatable bonds is 5. The third kappa shape index (κ3) is 4.32. The zero-order valence-corrected chi connectivity index (χ0v) is 17.5. The van der Waals surface area contributed by atoms with Gasteiger partial charge in [-0.15, -0.1) is 5.10 Å². The van der Waals surface area contributed by atoms with Crippen molar-refractivity contribution in [1.29, 1.82) is 0 Å². The van der Waals surface area contributed by atoms with Gasteiger partial charge in [-0.05, 0) is 51.0 Å². The Hall–Kier alpha value is -3.56. The molecule has 3 heterocycles. The molecule has 0 bridgehead atoms. The number of aromatic nitrogens is 5. The fourth-order valence-electron chi connectivity index (χ4n) is 3.69. The van der Waals surface area contributed by atoms with E-state index in [0.29, 0.717) is 43.0 Å². The van der Waals surface area contributed by atoms with Gasteiger partial charge in [0.2, 0.25) is 5.91 Å². The second-order valence-electron chi connectivity index (χ2n) is 7.55. The lowest BCUT2D eigenvalue weighted by Gasteiger charge is -2.30. The molecule has 1 N–H and O–H groups in total. The third-order valence-electron chi connectivity index (χ3n) is 5.55. The first-order valence-electron chi connectivity index (χ1n) is 10.3. The number of anilines is 1. The van der Waals surface area contributed by atoms with Crippen LogP contribution in [0, 0.1) is 18.7 Å². The number of nitrogens with zero attached hydrogens (tertiary/aromatic N) is 6. The molecule has 1 aliphatic rings. The van der Waals surface area contributed by atoms with E-state index in [0.717, 1.165) is 6.54 Å². The zero-order valence-electron chi connectivity index (χ0n) is 17.5. The summed E-state index contributed by atoms with van der Waals surface area (Å²) in [5.74, 6) is -0.774. The summed E-state index contributed by atoms with van der Waals surface area (Å²) in [6, 6.07) is 5.83. The van der Waals surface area contributed by atoms with E-state index >= 15 is 0 Å². The van der Waals surface area contributed by atoms with Crippen molar-refractivity contribution in [2.45, 2.75) is 33.2 Å². The van der Waals surface area contributed by atoms with Crippen LogP contribution in [0.25, 0.3) is 5.69 Å². The van der Waals surface area contributed by atoms with E-state index in [9.17, 15) is 14.0 Å². The van der Waals surface area contributed by atoms with E-state index in [1.807, 2.05) is 6.92 Å². The van der Waals surface area contributed by atoms with Crippen molar-refractivity contribution in [3.8, 4) is 5.69 Å². The quantitative estimate of drug-likeness (QED) is 0.677. The summed E-state index contributed by atoms with van der Waals surface area (Å²) in [6.07, 6.45) is 4.58. The van der Waals surface area contributed by atoms with Crippen LogP contribution >= 0.6 is 0 Å². The lowest BCUT2D eigenvalue weighted by Crippen LogP contribution is -2.41. The number of hydrogen-bond acceptors (Lipinski definition) is 5. The standard InChI is InChI=1S/C21H24FN7O2/c1-3-28-13-17(12-23-28)24-20(30)15-8-10-27(11-9-15)21(31)19-14(2)29(26-25-19)18-6-4-16(22)5-7-18/h4-7,12-13,15H,3,8-11H2,1-2H3,(H,24,30). The number of benzene rings is 1. The first-order chi connectivity index (χ1) is 15.0. The largest absolute Gasteiger partial charge is 0.337 e. The number of aryl methyl sites for hydroxylation is 1. The van der Waals surface area contributed by atoms with Gasteiger partial charge in [-0.2, -0.15) is 5.10 Å². The van der Waals surface area contributed by atoms with Crippen molar-refractivity contribution in [2.24, 2.45) is 5.92 Å². The molecule has 3 aromatic rings. The number of carbonyl (C=O) groups is 2. The number of piperidine rings is 1. The van der Waals surface area contributed by atoms with Crippen LogP contribution in [0.5, 0.6) is 0 Å². The Morgan fingerprint density at radius 1 is 1.19 bits per heavy atom. The van der Waals surface area contributed by atoms with Crippen molar-refractivity contribution < 1.29 is 14.0 Å². The van der Waals surface area contributed by atoms with Crippen LogP contribution in [0.4, 0.5) is 10.1 Å². The molecule has 0 saturated carbocycles. The van der Waals surface area contributed by atoms with E-state index in [4.69, 9.17) is 0 Å². The second kappa shape index (κ2) is 8.66. The first kappa shape index (κ1) is 20.7. The predicted molar refractivity (Wildman–Crippen MR) is 111 cm³/mol. The minimum atomic E-state index is -0.344. The van der Waals surface area contributed by atoms with E-state index in [1.54, 1.807) is 41.0 Å². The Balaban J connectivity index is 1.37. The maximum Gasteiger partial charge on any atom is 0.276 e. The van der Waals surface area contributed by atoms with Crippen LogP contribution in [0.3, 0.4) is 0 Å². The molecule has 0 unspecified atom stereocenters. The van der Waals surface area contributed by atoms with Crippen molar-refractivity contribution in [3.63, 3.8) is 0 Å². The molecule has 0 radical (unpaired) electrons. The monoisotopic (exact) mass is 425 g/mol. The lowest BCUT2D eigenvalue weighted by molar-refractivity contribution is -0.121. The summed E-state index contributed by atoms with van der Waals surface area (Å²) in [7, 11) is 0. The number of halogens is 1. The molecule has 4 rings (SSSR count). The number of nitrogens with one attached hydrogen (secondary N) is 1. The Morgan fingerprint density at radius 2 is 1.90 bits per heavy atom. The van der Waals surface area contributed by atoms with Gasteiger partial charge in [-0.1, -0.05) is 5.21 Å². The highest BCUT2D eigenvalue weighted by atomic mass is 19.1. The van der Waals surface area contributed by atoms with Gasteiger partial charge in [-0.3, -0.25) is 14.3 Å². The number of likely N-dealkylation sites (tertiary alicyclic amines) is 1. The summed E-state index contributed by atoms with van der Waals surface area (Å²) < 4.78 is 16.4. The summed E-state index contributed by atoms with van der Waals surface area (Å²) in [5.41, 5.74) is 2.16. The molecule has 31 heavy (non-hydrogen) atoms. The molecule has 9 nitrogen and oxygen atoms in total. The normalized spacial score (nSPS) is 14.6. The van der Waals surface area contributed by atoms with Crippen LogP contribution in [-0.4, -0.2) is 54.6 Å².